The molecule has 0 bridgehead atoms. The Morgan fingerprint density at radius 2 is 1.56 bits per heavy atom. The number of alkyl halides is 6. The van der Waals surface area contributed by atoms with Crippen molar-refractivity contribution in [3.8, 4) is 5.75 Å². The first-order chi connectivity index (χ1) is 18.1. The molecule has 0 spiro atoms. The van der Waals surface area contributed by atoms with Crippen LogP contribution in [0.3, 0.4) is 0 Å². The van der Waals surface area contributed by atoms with E-state index in [1.54, 1.807) is 30.3 Å². The van der Waals surface area contributed by atoms with Gasteiger partial charge in [0.15, 0.2) is 5.60 Å². The van der Waals surface area contributed by atoms with Crippen molar-refractivity contribution in [1.82, 2.24) is 0 Å². The minimum Gasteiger partial charge on any atom is -0.376 e. The number of ether oxygens (including phenoxy) is 1. The summed E-state index contributed by atoms with van der Waals surface area (Å²) in [4.78, 5) is 14.1. The number of nitrogens with zero attached hydrogens (tertiary/aromatic N) is 1. The van der Waals surface area contributed by atoms with Crippen LogP contribution in [0.5, 0.6) is 5.75 Å². The van der Waals surface area contributed by atoms with Gasteiger partial charge in [-0.05, 0) is 17.7 Å². The Morgan fingerprint density at radius 3 is 2.15 bits per heavy atom. The molecule has 3 aromatic carbocycles. The molecule has 0 aliphatic carbocycles. The molecule has 1 amide bonds. The Balaban J connectivity index is 1.90. The number of rotatable bonds is 7. The van der Waals surface area contributed by atoms with E-state index in [4.69, 9.17) is 16.3 Å². The van der Waals surface area contributed by atoms with Crippen molar-refractivity contribution in [3.05, 3.63) is 94.0 Å². The molecular weight excluding hydrogens is 580 g/mol. The number of fused-ring (bicyclic) bond motifs is 1. The molecule has 0 aromatic heterocycles. The van der Waals surface area contributed by atoms with Crippen LogP contribution in [0.15, 0.2) is 66.7 Å². The largest absolute Gasteiger partial charge is 0.534 e. The number of carbonyl (C=O) groups excluding carboxylic acids is 1. The van der Waals surface area contributed by atoms with Crippen LogP contribution in [0, 0.1) is 0 Å². The summed E-state index contributed by atoms with van der Waals surface area (Å²) in [5.41, 5.74) is -12.6. The molecule has 0 saturated heterocycles. The van der Waals surface area contributed by atoms with Gasteiger partial charge in [0.25, 0.3) is 5.91 Å². The van der Waals surface area contributed by atoms with Crippen LogP contribution in [0.1, 0.15) is 22.3 Å². The third-order valence-corrected chi connectivity index (χ3v) is 7.00. The van der Waals surface area contributed by atoms with Gasteiger partial charge in [-0.25, -0.2) is 0 Å². The fourth-order valence-corrected chi connectivity index (χ4v) is 4.73. The number of carbonyl (C=O) groups is 1. The Kier molecular flexibility index (Phi) is 7.36. The lowest BCUT2D eigenvalue weighted by atomic mass is 9.84. The van der Waals surface area contributed by atoms with Crippen molar-refractivity contribution >= 4 is 33.3 Å². The monoisotopic (exact) mass is 595 g/mol. The standard InChI is InChI=1S/C24H16ClF6NO6S/c25-18-9-5-4-8-16(18)22(34)20-17(23(26,27)28)10-15(38-39(35,36)24(29,30)31)11-19(20)32(21(22)33)13-37-12-14-6-2-1-3-7-14/h1-11,34H,12-13H2/t22-/m1/s1. The second-order valence-electron chi connectivity index (χ2n) is 8.23. The van der Waals surface area contributed by atoms with Gasteiger partial charge >= 0.3 is 21.8 Å². The van der Waals surface area contributed by atoms with Crippen molar-refractivity contribution in [2.24, 2.45) is 0 Å². The van der Waals surface area contributed by atoms with Gasteiger partial charge in [-0.15, -0.1) is 0 Å². The quantitative estimate of drug-likeness (QED) is 0.225. The molecule has 0 unspecified atom stereocenters. The minimum absolute atomic E-state index is 0.0501. The molecule has 208 valence electrons. The number of anilines is 1. The number of halogens is 7. The number of aliphatic hydroxyl groups is 1. The third-order valence-electron chi connectivity index (χ3n) is 5.69. The maximum atomic E-state index is 14.2. The molecule has 1 aliphatic heterocycles. The van der Waals surface area contributed by atoms with Gasteiger partial charge in [-0.2, -0.15) is 34.8 Å². The SMILES string of the molecule is O=C1N(COCc2ccccc2)c2cc(OS(=O)(=O)C(F)(F)F)cc(C(F)(F)F)c2[C@]1(O)c1ccccc1Cl. The van der Waals surface area contributed by atoms with Gasteiger partial charge in [-0.1, -0.05) is 60.1 Å². The van der Waals surface area contributed by atoms with Crippen molar-refractivity contribution in [2.45, 2.75) is 23.9 Å². The van der Waals surface area contributed by atoms with E-state index in [0.29, 0.717) is 16.5 Å². The predicted octanol–water partition coefficient (Wildman–Crippen LogP) is 5.34. The van der Waals surface area contributed by atoms with Gasteiger partial charge in [0.05, 0.1) is 17.9 Å². The minimum atomic E-state index is -6.39. The molecule has 7 nitrogen and oxygen atoms in total. The molecule has 1 aliphatic rings. The molecule has 15 heteroatoms. The van der Waals surface area contributed by atoms with Crippen LogP contribution >= 0.6 is 11.6 Å². The highest BCUT2D eigenvalue weighted by atomic mass is 35.5. The molecule has 0 fully saturated rings. The average Bonchev–Trinajstić information content (AvgIpc) is 3.05. The fourth-order valence-electron chi connectivity index (χ4n) is 4.01. The van der Waals surface area contributed by atoms with Gasteiger partial charge in [0.1, 0.15) is 12.5 Å². The van der Waals surface area contributed by atoms with E-state index in [1.165, 1.54) is 18.2 Å². The van der Waals surface area contributed by atoms with Crippen LogP contribution < -0.4 is 9.08 Å². The van der Waals surface area contributed by atoms with E-state index in [9.17, 15) is 44.7 Å². The average molecular weight is 596 g/mol. The number of benzene rings is 3. The van der Waals surface area contributed by atoms with Gasteiger partial charge in [-0.3, -0.25) is 9.69 Å². The zero-order valence-electron chi connectivity index (χ0n) is 19.3. The highest BCUT2D eigenvalue weighted by Gasteiger charge is 2.57. The summed E-state index contributed by atoms with van der Waals surface area (Å²) >= 11 is 6.12. The first-order valence-corrected chi connectivity index (χ1v) is 12.5. The number of hydrogen-bond acceptors (Lipinski definition) is 6. The lowest BCUT2D eigenvalue weighted by molar-refractivity contribution is -0.142. The van der Waals surface area contributed by atoms with Crippen LogP contribution in [0.2, 0.25) is 5.02 Å². The molecule has 3 aromatic rings. The highest BCUT2D eigenvalue weighted by Crippen LogP contribution is 2.53. The van der Waals surface area contributed by atoms with Gasteiger partial charge < -0.3 is 14.0 Å². The Hall–Kier alpha value is -3.33. The van der Waals surface area contributed by atoms with Crippen molar-refractivity contribution < 1.29 is 53.6 Å². The van der Waals surface area contributed by atoms with E-state index in [0.717, 1.165) is 6.07 Å². The first-order valence-electron chi connectivity index (χ1n) is 10.7. The topological polar surface area (TPSA) is 93.1 Å². The summed E-state index contributed by atoms with van der Waals surface area (Å²) in [5.74, 6) is -2.78. The number of amides is 1. The van der Waals surface area contributed by atoms with Crippen molar-refractivity contribution in [3.63, 3.8) is 0 Å². The third kappa shape index (κ3) is 5.29. The van der Waals surface area contributed by atoms with Crippen LogP contribution in [0.25, 0.3) is 0 Å². The molecule has 4 rings (SSSR count). The molecule has 1 N–H and O–H groups in total. The molecule has 0 saturated carbocycles. The van der Waals surface area contributed by atoms with Crippen LogP contribution in [-0.4, -0.2) is 31.7 Å². The molecule has 1 heterocycles. The smallest absolute Gasteiger partial charge is 0.376 e. The lowest BCUT2D eigenvalue weighted by Gasteiger charge is -2.26. The van der Waals surface area contributed by atoms with Crippen LogP contribution in [0.4, 0.5) is 32.0 Å². The molecule has 39 heavy (non-hydrogen) atoms. The first kappa shape index (κ1) is 28.7. The van der Waals surface area contributed by atoms with E-state index < -0.39 is 68.2 Å². The predicted molar refractivity (Wildman–Crippen MR) is 125 cm³/mol. The fraction of sp³-hybridized carbons (Fsp3) is 0.208. The highest BCUT2D eigenvalue weighted by molar-refractivity contribution is 7.88. The lowest BCUT2D eigenvalue weighted by Crippen LogP contribution is -2.42. The number of hydrogen-bond donors (Lipinski definition) is 1. The Labute approximate surface area is 222 Å². The molecular formula is C24H16ClF6NO6S. The molecule has 1 atom stereocenters. The maximum absolute atomic E-state index is 14.2. The van der Waals surface area contributed by atoms with E-state index >= 15 is 0 Å². The Morgan fingerprint density at radius 1 is 0.949 bits per heavy atom. The zero-order chi connectivity index (χ0) is 28.8. The van der Waals surface area contributed by atoms with Crippen LogP contribution in [-0.2, 0) is 38.0 Å². The van der Waals surface area contributed by atoms with E-state index in [-0.39, 0.29) is 17.7 Å². The summed E-state index contributed by atoms with van der Waals surface area (Å²) in [6.45, 7) is -0.921. The van der Waals surface area contributed by atoms with Crippen molar-refractivity contribution in [2.75, 3.05) is 11.6 Å². The maximum Gasteiger partial charge on any atom is 0.534 e. The van der Waals surface area contributed by atoms with Gasteiger partial charge in [0, 0.05) is 22.2 Å². The summed E-state index contributed by atoms with van der Waals surface area (Å²) in [7, 11) is -6.39. The molecule has 0 radical (unpaired) electrons. The summed E-state index contributed by atoms with van der Waals surface area (Å²) in [6, 6.07) is 13.7. The zero-order valence-corrected chi connectivity index (χ0v) is 20.8. The Bertz CT molecular complexity index is 1510. The van der Waals surface area contributed by atoms with Crippen molar-refractivity contribution in [1.29, 1.82) is 0 Å². The normalized spacial score (nSPS) is 17.8. The van der Waals surface area contributed by atoms with E-state index in [2.05, 4.69) is 4.18 Å². The summed E-state index contributed by atoms with van der Waals surface area (Å²) < 4.78 is 114. The van der Waals surface area contributed by atoms with E-state index in [1.807, 2.05) is 0 Å². The summed E-state index contributed by atoms with van der Waals surface area (Å²) in [6.07, 6.45) is -5.40. The second kappa shape index (κ2) is 10.0. The second-order valence-corrected chi connectivity index (χ2v) is 10.2. The summed E-state index contributed by atoms with van der Waals surface area (Å²) in [5, 5.41) is 11.3. The van der Waals surface area contributed by atoms with Gasteiger partial charge in [0.2, 0.25) is 0 Å².